The topological polar surface area (TPSA) is 95.0 Å². The highest BCUT2D eigenvalue weighted by atomic mass is 16.2. The maximum Gasteiger partial charge on any atom is 0.267 e. The molecule has 0 radical (unpaired) electrons. The van der Waals surface area contributed by atoms with Crippen LogP contribution in [0.2, 0.25) is 0 Å². The Hall–Kier alpha value is -3.55. The molecule has 1 aromatic carbocycles. The summed E-state index contributed by atoms with van der Waals surface area (Å²) in [5.74, 6) is -0.294. The van der Waals surface area contributed by atoms with Gasteiger partial charge in [-0.2, -0.15) is 5.10 Å². The van der Waals surface area contributed by atoms with Crippen LogP contribution in [-0.2, 0) is 9.59 Å². The Morgan fingerprint density at radius 3 is 2.32 bits per heavy atom. The van der Waals surface area contributed by atoms with Crippen LogP contribution < -0.4 is 10.3 Å². The summed E-state index contributed by atoms with van der Waals surface area (Å²) < 4.78 is 0. The zero-order valence-electron chi connectivity index (χ0n) is 17.4. The lowest BCUT2D eigenvalue weighted by Crippen LogP contribution is -2.48. The molecule has 3 heterocycles. The molecule has 8 nitrogen and oxygen atoms in total. The molecule has 160 valence electrons. The van der Waals surface area contributed by atoms with E-state index in [1.54, 1.807) is 34.4 Å². The van der Waals surface area contributed by atoms with Gasteiger partial charge in [-0.25, -0.2) is 0 Å². The number of rotatable bonds is 5. The van der Waals surface area contributed by atoms with Gasteiger partial charge in [-0.05, 0) is 44.0 Å². The molecule has 1 saturated heterocycles. The molecule has 1 aromatic heterocycles. The Balaban J connectivity index is 1.36. The number of nitrogens with one attached hydrogen (secondary N) is 1. The number of benzene rings is 1. The smallest absolute Gasteiger partial charge is 0.267 e. The SMILES string of the molecule is CC(=O)C1CC(C(=O)NC2CCN(C(=O)c3ccncc3)CC2)=NN1c1ccccc1. The van der Waals surface area contributed by atoms with Crippen LogP contribution >= 0.6 is 0 Å². The van der Waals surface area contributed by atoms with E-state index in [9.17, 15) is 14.4 Å². The highest BCUT2D eigenvalue weighted by Gasteiger charge is 2.35. The molecule has 31 heavy (non-hydrogen) atoms. The van der Waals surface area contributed by atoms with Crippen molar-refractivity contribution >= 4 is 29.0 Å². The van der Waals surface area contributed by atoms with Crippen LogP contribution in [0.4, 0.5) is 5.69 Å². The van der Waals surface area contributed by atoms with Crippen LogP contribution in [-0.4, -0.2) is 58.4 Å². The van der Waals surface area contributed by atoms with Crippen molar-refractivity contribution < 1.29 is 14.4 Å². The van der Waals surface area contributed by atoms with E-state index in [2.05, 4.69) is 15.4 Å². The molecular weight excluding hydrogens is 394 g/mol. The fourth-order valence-electron chi connectivity index (χ4n) is 3.96. The highest BCUT2D eigenvalue weighted by molar-refractivity contribution is 6.40. The number of carbonyl (C=O) groups is 3. The summed E-state index contributed by atoms with van der Waals surface area (Å²) in [6.07, 6.45) is 4.85. The second kappa shape index (κ2) is 9.07. The fraction of sp³-hybridized carbons (Fsp3) is 0.348. The Morgan fingerprint density at radius 1 is 1.00 bits per heavy atom. The van der Waals surface area contributed by atoms with Gasteiger partial charge in [0.15, 0.2) is 5.78 Å². The normalized spacial score (nSPS) is 19.1. The number of para-hydroxylation sites is 1. The fourth-order valence-corrected chi connectivity index (χ4v) is 3.96. The Labute approximate surface area is 180 Å². The van der Waals surface area contributed by atoms with Gasteiger partial charge in [-0.15, -0.1) is 0 Å². The van der Waals surface area contributed by atoms with E-state index in [0.29, 0.717) is 37.2 Å². The van der Waals surface area contributed by atoms with Gasteiger partial charge in [-0.1, -0.05) is 18.2 Å². The number of aromatic nitrogens is 1. The molecule has 2 aliphatic rings. The monoisotopic (exact) mass is 419 g/mol. The lowest BCUT2D eigenvalue weighted by atomic mass is 10.0. The lowest BCUT2D eigenvalue weighted by molar-refractivity contribution is -0.118. The van der Waals surface area contributed by atoms with E-state index in [0.717, 1.165) is 5.69 Å². The van der Waals surface area contributed by atoms with Gasteiger partial charge in [0.2, 0.25) is 0 Å². The number of nitrogens with zero attached hydrogens (tertiary/aromatic N) is 4. The molecule has 0 saturated carbocycles. The van der Waals surface area contributed by atoms with Crippen LogP contribution in [0.1, 0.15) is 36.5 Å². The molecule has 2 amide bonds. The van der Waals surface area contributed by atoms with Gasteiger partial charge in [0.05, 0.1) is 5.69 Å². The zero-order valence-corrected chi connectivity index (χ0v) is 17.4. The van der Waals surface area contributed by atoms with Crippen molar-refractivity contribution in [1.29, 1.82) is 0 Å². The van der Waals surface area contributed by atoms with Crippen molar-refractivity contribution in [3.05, 3.63) is 60.4 Å². The number of hydrazone groups is 1. The summed E-state index contributed by atoms with van der Waals surface area (Å²) in [6.45, 7) is 2.67. The van der Waals surface area contributed by atoms with Gasteiger partial charge < -0.3 is 10.2 Å². The molecule has 0 bridgehead atoms. The van der Waals surface area contributed by atoms with E-state index in [-0.39, 0.29) is 30.1 Å². The number of ketones is 1. The third-order valence-corrected chi connectivity index (χ3v) is 5.71. The third-order valence-electron chi connectivity index (χ3n) is 5.71. The Morgan fingerprint density at radius 2 is 1.68 bits per heavy atom. The van der Waals surface area contributed by atoms with Crippen LogP contribution in [0, 0.1) is 0 Å². The minimum absolute atomic E-state index is 0.0184. The van der Waals surface area contributed by atoms with Crippen molar-refractivity contribution in [1.82, 2.24) is 15.2 Å². The van der Waals surface area contributed by atoms with E-state index in [4.69, 9.17) is 0 Å². The van der Waals surface area contributed by atoms with Gasteiger partial charge in [0, 0.05) is 43.5 Å². The number of likely N-dealkylation sites (tertiary alicyclic amines) is 1. The quantitative estimate of drug-likeness (QED) is 0.800. The van der Waals surface area contributed by atoms with Crippen molar-refractivity contribution in [2.75, 3.05) is 18.1 Å². The maximum absolute atomic E-state index is 12.8. The number of Topliss-reactive ketones (excluding diaryl/α,β-unsaturated/α-hetero) is 1. The standard InChI is InChI=1S/C23H25N5O3/c1-16(29)21-15-20(26-28(21)19-5-3-2-4-6-19)22(30)25-18-9-13-27(14-10-18)23(31)17-7-11-24-12-8-17/h2-8,11-12,18,21H,9-10,13-15H2,1H3,(H,25,30). The second-order valence-corrected chi connectivity index (χ2v) is 7.83. The zero-order chi connectivity index (χ0) is 21.8. The minimum Gasteiger partial charge on any atom is -0.348 e. The number of carbonyl (C=O) groups excluding carboxylic acids is 3. The molecule has 1 fully saturated rings. The molecule has 2 aromatic rings. The predicted molar refractivity (Wildman–Crippen MR) is 117 cm³/mol. The number of piperidine rings is 1. The third kappa shape index (κ3) is 4.63. The lowest BCUT2D eigenvalue weighted by Gasteiger charge is -2.32. The van der Waals surface area contributed by atoms with Gasteiger partial charge in [0.1, 0.15) is 11.8 Å². The molecule has 1 N–H and O–H groups in total. The summed E-state index contributed by atoms with van der Waals surface area (Å²) in [5, 5.41) is 9.12. The molecule has 0 spiro atoms. The van der Waals surface area contributed by atoms with Crippen molar-refractivity contribution in [3.8, 4) is 0 Å². The van der Waals surface area contributed by atoms with Gasteiger partial charge in [0.25, 0.3) is 11.8 Å². The van der Waals surface area contributed by atoms with E-state index in [1.807, 2.05) is 30.3 Å². The number of hydrogen-bond donors (Lipinski definition) is 1. The first-order valence-electron chi connectivity index (χ1n) is 10.5. The van der Waals surface area contributed by atoms with E-state index < -0.39 is 6.04 Å². The van der Waals surface area contributed by atoms with Crippen LogP contribution in [0.5, 0.6) is 0 Å². The van der Waals surface area contributed by atoms with Crippen molar-refractivity contribution in [2.24, 2.45) is 5.10 Å². The van der Waals surface area contributed by atoms with Crippen LogP contribution in [0.25, 0.3) is 0 Å². The average molecular weight is 419 g/mol. The van der Waals surface area contributed by atoms with E-state index in [1.165, 1.54) is 6.92 Å². The molecule has 4 rings (SSSR count). The van der Waals surface area contributed by atoms with Crippen LogP contribution in [0.15, 0.2) is 60.0 Å². The Kier molecular flexibility index (Phi) is 6.06. The van der Waals surface area contributed by atoms with Gasteiger partial charge >= 0.3 is 0 Å². The predicted octanol–water partition coefficient (Wildman–Crippen LogP) is 2.03. The first kappa shape index (κ1) is 20.7. The molecule has 0 aliphatic carbocycles. The molecule has 1 unspecified atom stereocenters. The van der Waals surface area contributed by atoms with Gasteiger partial charge in [-0.3, -0.25) is 24.4 Å². The number of amides is 2. The molecule has 2 aliphatic heterocycles. The summed E-state index contributed by atoms with van der Waals surface area (Å²) in [4.78, 5) is 43.2. The van der Waals surface area contributed by atoms with Crippen molar-refractivity contribution in [3.63, 3.8) is 0 Å². The Bertz CT molecular complexity index is 985. The summed E-state index contributed by atoms with van der Waals surface area (Å²) >= 11 is 0. The minimum atomic E-state index is -0.469. The summed E-state index contributed by atoms with van der Waals surface area (Å²) in [5.41, 5.74) is 1.77. The number of hydrogen-bond acceptors (Lipinski definition) is 6. The maximum atomic E-state index is 12.8. The van der Waals surface area contributed by atoms with E-state index >= 15 is 0 Å². The molecular formula is C23H25N5O3. The largest absolute Gasteiger partial charge is 0.348 e. The second-order valence-electron chi connectivity index (χ2n) is 7.83. The van der Waals surface area contributed by atoms with Crippen molar-refractivity contribution in [2.45, 2.75) is 38.3 Å². The highest BCUT2D eigenvalue weighted by Crippen LogP contribution is 2.25. The number of pyridine rings is 1. The van der Waals surface area contributed by atoms with Crippen LogP contribution in [0.3, 0.4) is 0 Å². The first-order chi connectivity index (χ1) is 15.0. The average Bonchev–Trinajstić information content (AvgIpc) is 3.26. The summed E-state index contributed by atoms with van der Waals surface area (Å²) in [7, 11) is 0. The molecule has 8 heteroatoms. The summed E-state index contributed by atoms with van der Waals surface area (Å²) in [6, 6.07) is 12.3. The number of anilines is 1. The first-order valence-corrected chi connectivity index (χ1v) is 10.5. The molecule has 1 atom stereocenters.